The van der Waals surface area contributed by atoms with Crippen LogP contribution < -0.4 is 0 Å². The molecule has 4 nitrogen and oxygen atoms in total. The van der Waals surface area contributed by atoms with Gasteiger partial charge in [0.05, 0.1) is 6.04 Å². The van der Waals surface area contributed by atoms with Crippen LogP contribution in [0.15, 0.2) is 36.9 Å². The minimum absolute atomic E-state index is 0.0734. The van der Waals surface area contributed by atoms with Crippen molar-refractivity contribution in [2.75, 3.05) is 0 Å². The molecular formula is C15H20ClN3O. The Morgan fingerprint density at radius 2 is 1.90 bits per heavy atom. The Balaban J connectivity index is 2.28. The molecule has 1 aromatic carbocycles. The van der Waals surface area contributed by atoms with Crippen LogP contribution in [-0.2, 0) is 0 Å². The van der Waals surface area contributed by atoms with Crippen molar-refractivity contribution in [2.24, 2.45) is 5.41 Å². The Kier molecular flexibility index (Phi) is 4.45. The lowest BCUT2D eigenvalue weighted by atomic mass is 9.84. The van der Waals surface area contributed by atoms with E-state index in [1.807, 2.05) is 12.1 Å². The van der Waals surface area contributed by atoms with Crippen molar-refractivity contribution < 1.29 is 5.11 Å². The van der Waals surface area contributed by atoms with E-state index >= 15 is 0 Å². The van der Waals surface area contributed by atoms with Crippen molar-refractivity contribution in [1.82, 2.24) is 14.8 Å². The van der Waals surface area contributed by atoms with Crippen LogP contribution in [0.25, 0.3) is 0 Å². The molecule has 0 bridgehead atoms. The molecule has 0 aliphatic rings. The lowest BCUT2D eigenvalue weighted by Crippen LogP contribution is -2.24. The van der Waals surface area contributed by atoms with Crippen LogP contribution in [0.3, 0.4) is 0 Å². The standard InChI is InChI=1S/C15H20ClN3O/c1-15(2,3)8-13(19-10-17-9-18-19)14(20)11-4-6-12(16)7-5-11/h4-7,9-10,13-14,20H,8H2,1-3H3. The zero-order valence-electron chi connectivity index (χ0n) is 12.0. The highest BCUT2D eigenvalue weighted by molar-refractivity contribution is 6.30. The number of aliphatic hydroxyl groups excluding tert-OH is 1. The summed E-state index contributed by atoms with van der Waals surface area (Å²) in [5, 5.41) is 15.5. The zero-order chi connectivity index (χ0) is 14.8. The smallest absolute Gasteiger partial charge is 0.137 e. The number of hydrogen-bond acceptors (Lipinski definition) is 3. The number of aromatic nitrogens is 3. The number of hydrogen-bond donors (Lipinski definition) is 1. The number of nitrogens with zero attached hydrogens (tertiary/aromatic N) is 3. The van der Waals surface area contributed by atoms with Gasteiger partial charge in [-0.1, -0.05) is 44.5 Å². The Morgan fingerprint density at radius 3 is 2.40 bits per heavy atom. The van der Waals surface area contributed by atoms with Crippen molar-refractivity contribution in [3.8, 4) is 0 Å². The van der Waals surface area contributed by atoms with Gasteiger partial charge < -0.3 is 5.11 Å². The largest absolute Gasteiger partial charge is 0.386 e. The number of halogens is 1. The lowest BCUT2D eigenvalue weighted by molar-refractivity contribution is 0.0797. The highest BCUT2D eigenvalue weighted by Gasteiger charge is 2.28. The summed E-state index contributed by atoms with van der Waals surface area (Å²) in [7, 11) is 0. The molecular weight excluding hydrogens is 274 g/mol. The van der Waals surface area contributed by atoms with E-state index in [1.165, 1.54) is 6.33 Å². The summed E-state index contributed by atoms with van der Waals surface area (Å²) in [6, 6.07) is 7.11. The molecule has 0 amide bonds. The van der Waals surface area contributed by atoms with Gasteiger partial charge in [0.2, 0.25) is 0 Å². The van der Waals surface area contributed by atoms with Gasteiger partial charge in [0.25, 0.3) is 0 Å². The van der Waals surface area contributed by atoms with Crippen LogP contribution >= 0.6 is 11.6 Å². The molecule has 20 heavy (non-hydrogen) atoms. The minimum Gasteiger partial charge on any atom is -0.386 e. The molecule has 2 atom stereocenters. The lowest BCUT2D eigenvalue weighted by Gasteiger charge is -2.29. The van der Waals surface area contributed by atoms with Gasteiger partial charge >= 0.3 is 0 Å². The van der Waals surface area contributed by atoms with Gasteiger partial charge in [-0.05, 0) is 29.5 Å². The molecule has 0 saturated carbocycles. The van der Waals surface area contributed by atoms with Crippen molar-refractivity contribution in [1.29, 1.82) is 0 Å². The van der Waals surface area contributed by atoms with Gasteiger partial charge in [0, 0.05) is 5.02 Å². The Bertz CT molecular complexity index is 531. The summed E-state index contributed by atoms with van der Waals surface area (Å²) >= 11 is 5.89. The van der Waals surface area contributed by atoms with Gasteiger partial charge in [-0.3, -0.25) is 0 Å². The molecule has 5 heteroatoms. The van der Waals surface area contributed by atoms with Crippen LogP contribution in [0.4, 0.5) is 0 Å². The maximum absolute atomic E-state index is 10.7. The van der Waals surface area contributed by atoms with E-state index in [0.29, 0.717) is 5.02 Å². The van der Waals surface area contributed by atoms with Crippen molar-refractivity contribution >= 4 is 11.6 Å². The third-order valence-corrected chi connectivity index (χ3v) is 3.43. The molecule has 2 unspecified atom stereocenters. The first-order valence-electron chi connectivity index (χ1n) is 6.64. The highest BCUT2D eigenvalue weighted by atomic mass is 35.5. The quantitative estimate of drug-likeness (QED) is 0.936. The summed E-state index contributed by atoms with van der Waals surface area (Å²) in [5.41, 5.74) is 0.906. The second kappa shape index (κ2) is 5.94. The fourth-order valence-corrected chi connectivity index (χ4v) is 2.37. The maximum Gasteiger partial charge on any atom is 0.137 e. The molecule has 0 aliphatic heterocycles. The fraction of sp³-hybridized carbons (Fsp3) is 0.467. The van der Waals surface area contributed by atoms with E-state index in [2.05, 4.69) is 30.9 Å². The molecule has 0 saturated heterocycles. The third kappa shape index (κ3) is 3.81. The van der Waals surface area contributed by atoms with Gasteiger partial charge in [-0.15, -0.1) is 0 Å². The SMILES string of the molecule is CC(C)(C)CC(C(O)c1ccc(Cl)cc1)n1cncn1. The summed E-state index contributed by atoms with van der Waals surface area (Å²) in [6.45, 7) is 6.43. The average molecular weight is 294 g/mol. The topological polar surface area (TPSA) is 50.9 Å². The number of aliphatic hydroxyl groups is 1. The van der Waals surface area contributed by atoms with Crippen LogP contribution in [0.2, 0.25) is 5.02 Å². The zero-order valence-corrected chi connectivity index (χ0v) is 12.7. The van der Waals surface area contributed by atoms with Crippen LogP contribution in [-0.4, -0.2) is 19.9 Å². The fourth-order valence-electron chi connectivity index (χ4n) is 2.25. The molecule has 2 aromatic rings. The molecule has 0 spiro atoms. The second-order valence-corrected chi connectivity index (χ2v) is 6.64. The first-order chi connectivity index (χ1) is 9.37. The van der Waals surface area contributed by atoms with E-state index in [0.717, 1.165) is 12.0 Å². The van der Waals surface area contributed by atoms with E-state index < -0.39 is 6.10 Å². The molecule has 0 aliphatic carbocycles. The molecule has 0 radical (unpaired) electrons. The Labute approximate surface area is 124 Å². The number of benzene rings is 1. The van der Waals surface area contributed by atoms with E-state index in [9.17, 15) is 5.11 Å². The average Bonchev–Trinajstić information content (AvgIpc) is 2.89. The van der Waals surface area contributed by atoms with Gasteiger partial charge in [-0.25, -0.2) is 9.67 Å². The maximum atomic E-state index is 10.7. The van der Waals surface area contributed by atoms with Gasteiger partial charge in [-0.2, -0.15) is 5.10 Å². The van der Waals surface area contributed by atoms with Crippen LogP contribution in [0.5, 0.6) is 0 Å². The monoisotopic (exact) mass is 293 g/mol. The van der Waals surface area contributed by atoms with Crippen molar-refractivity contribution in [3.05, 3.63) is 47.5 Å². The second-order valence-electron chi connectivity index (χ2n) is 6.20. The third-order valence-electron chi connectivity index (χ3n) is 3.17. The normalized spacial score (nSPS) is 15.1. The minimum atomic E-state index is -0.645. The molecule has 2 rings (SSSR count). The van der Waals surface area contributed by atoms with E-state index in [4.69, 9.17) is 11.6 Å². The van der Waals surface area contributed by atoms with Gasteiger partial charge in [0.15, 0.2) is 0 Å². The predicted molar refractivity (Wildman–Crippen MR) is 79.5 cm³/mol. The van der Waals surface area contributed by atoms with E-state index in [-0.39, 0.29) is 11.5 Å². The molecule has 1 N–H and O–H groups in total. The first kappa shape index (κ1) is 15.0. The van der Waals surface area contributed by atoms with E-state index in [1.54, 1.807) is 23.1 Å². The molecule has 1 aromatic heterocycles. The Hall–Kier alpha value is -1.39. The summed E-state index contributed by atoms with van der Waals surface area (Å²) < 4.78 is 1.73. The van der Waals surface area contributed by atoms with Crippen LogP contribution in [0, 0.1) is 5.41 Å². The van der Waals surface area contributed by atoms with Crippen molar-refractivity contribution in [2.45, 2.75) is 39.3 Å². The predicted octanol–water partition coefficient (Wildman–Crippen LogP) is 3.64. The molecule has 1 heterocycles. The highest BCUT2D eigenvalue weighted by Crippen LogP contribution is 2.36. The summed E-state index contributed by atoms with van der Waals surface area (Å²) in [5.74, 6) is 0. The molecule has 108 valence electrons. The summed E-state index contributed by atoms with van der Waals surface area (Å²) in [4.78, 5) is 3.98. The summed E-state index contributed by atoms with van der Waals surface area (Å²) in [6.07, 6.45) is 3.29. The first-order valence-corrected chi connectivity index (χ1v) is 7.02. The number of rotatable bonds is 4. The van der Waals surface area contributed by atoms with Crippen LogP contribution in [0.1, 0.15) is 44.9 Å². The Morgan fingerprint density at radius 1 is 1.25 bits per heavy atom. The molecule has 0 fully saturated rings. The van der Waals surface area contributed by atoms with Gasteiger partial charge in [0.1, 0.15) is 18.8 Å². The van der Waals surface area contributed by atoms with Crippen molar-refractivity contribution in [3.63, 3.8) is 0 Å².